The predicted octanol–water partition coefficient (Wildman–Crippen LogP) is 5.11. The number of aromatic amines is 1. The number of aromatic nitrogens is 1. The van der Waals surface area contributed by atoms with Gasteiger partial charge in [0, 0.05) is 54.7 Å². The van der Waals surface area contributed by atoms with Crippen molar-refractivity contribution in [2.45, 2.75) is 31.3 Å². The molecule has 2 aliphatic rings. The molecule has 1 aliphatic carbocycles. The molecule has 38 heavy (non-hydrogen) atoms. The molecule has 2 unspecified atom stereocenters. The number of benzene rings is 2. The average molecular weight is 534 g/mol. The van der Waals surface area contributed by atoms with Crippen LogP contribution in [-0.2, 0) is 33.7 Å². The summed E-state index contributed by atoms with van der Waals surface area (Å²) in [5.41, 5.74) is 5.12. The lowest BCUT2D eigenvalue weighted by Crippen LogP contribution is -2.43. The summed E-state index contributed by atoms with van der Waals surface area (Å²) in [5.74, 6) is -1.45. The van der Waals surface area contributed by atoms with Crippen molar-refractivity contribution in [3.05, 3.63) is 111 Å². The number of rotatable bonds is 7. The predicted molar refractivity (Wildman–Crippen MR) is 145 cm³/mol. The molecule has 2 aromatic carbocycles. The Morgan fingerprint density at radius 2 is 2.05 bits per heavy atom. The SMILES string of the molecule is COCCN1C(=O)Cc2ccccc2C(C(=O)NCc2ccc(F)cc2Cl)C1c1c[nH]c2c1C=CC=CC2. The van der Waals surface area contributed by atoms with Gasteiger partial charge in [-0.3, -0.25) is 9.59 Å². The molecule has 2 N–H and O–H groups in total. The molecule has 8 heteroatoms. The van der Waals surface area contributed by atoms with Crippen molar-refractivity contribution < 1.29 is 18.7 Å². The van der Waals surface area contributed by atoms with Crippen LogP contribution in [0.2, 0.25) is 5.02 Å². The van der Waals surface area contributed by atoms with E-state index < -0.39 is 17.8 Å². The van der Waals surface area contributed by atoms with Crippen molar-refractivity contribution in [1.82, 2.24) is 15.2 Å². The minimum atomic E-state index is -0.696. The van der Waals surface area contributed by atoms with Crippen molar-refractivity contribution in [3.63, 3.8) is 0 Å². The second kappa shape index (κ2) is 11.4. The van der Waals surface area contributed by atoms with E-state index >= 15 is 0 Å². The van der Waals surface area contributed by atoms with Crippen LogP contribution in [0.1, 0.15) is 45.5 Å². The van der Waals surface area contributed by atoms with Gasteiger partial charge in [-0.2, -0.15) is 0 Å². The molecular weight excluding hydrogens is 505 g/mol. The summed E-state index contributed by atoms with van der Waals surface area (Å²) in [6.45, 7) is 0.802. The lowest BCUT2D eigenvalue weighted by atomic mass is 9.83. The van der Waals surface area contributed by atoms with E-state index in [-0.39, 0.29) is 29.8 Å². The van der Waals surface area contributed by atoms with E-state index in [0.717, 1.165) is 34.4 Å². The summed E-state index contributed by atoms with van der Waals surface area (Å²) in [4.78, 5) is 32.9. The Morgan fingerprint density at radius 1 is 1.21 bits per heavy atom. The van der Waals surface area contributed by atoms with Gasteiger partial charge in [-0.1, -0.05) is 66.2 Å². The number of allylic oxidation sites excluding steroid dienone is 3. The van der Waals surface area contributed by atoms with E-state index in [4.69, 9.17) is 16.3 Å². The maximum Gasteiger partial charge on any atom is 0.230 e. The van der Waals surface area contributed by atoms with Crippen LogP contribution in [0.3, 0.4) is 0 Å². The molecule has 6 nitrogen and oxygen atoms in total. The number of nitrogens with one attached hydrogen (secondary N) is 2. The van der Waals surface area contributed by atoms with Crippen LogP contribution in [0, 0.1) is 5.82 Å². The van der Waals surface area contributed by atoms with Crippen molar-refractivity contribution in [1.29, 1.82) is 0 Å². The molecule has 2 heterocycles. The lowest BCUT2D eigenvalue weighted by Gasteiger charge is -2.35. The van der Waals surface area contributed by atoms with Crippen molar-refractivity contribution >= 4 is 29.5 Å². The van der Waals surface area contributed by atoms with Crippen LogP contribution in [0.25, 0.3) is 6.08 Å². The highest BCUT2D eigenvalue weighted by Crippen LogP contribution is 2.43. The number of ether oxygens (including phenoxy) is 1. The number of hydrogen-bond acceptors (Lipinski definition) is 3. The topological polar surface area (TPSA) is 74.4 Å². The molecule has 0 saturated carbocycles. The van der Waals surface area contributed by atoms with Crippen LogP contribution in [0.15, 0.2) is 66.9 Å². The number of amides is 2. The highest BCUT2D eigenvalue weighted by Gasteiger charge is 2.42. The number of fused-ring (bicyclic) bond motifs is 2. The highest BCUT2D eigenvalue weighted by molar-refractivity contribution is 6.31. The second-order valence-corrected chi connectivity index (χ2v) is 9.87. The van der Waals surface area contributed by atoms with E-state index in [1.54, 1.807) is 18.1 Å². The van der Waals surface area contributed by atoms with E-state index in [1.807, 2.05) is 48.7 Å². The normalized spacial score (nSPS) is 18.5. The molecule has 3 aromatic rings. The average Bonchev–Trinajstić information content (AvgIpc) is 3.07. The second-order valence-electron chi connectivity index (χ2n) is 9.46. The van der Waals surface area contributed by atoms with Gasteiger partial charge < -0.3 is 19.9 Å². The summed E-state index contributed by atoms with van der Waals surface area (Å²) < 4.78 is 18.9. The monoisotopic (exact) mass is 533 g/mol. The fraction of sp³-hybridized carbons (Fsp3) is 0.267. The quantitative estimate of drug-likeness (QED) is 0.443. The first-order valence-electron chi connectivity index (χ1n) is 12.6. The van der Waals surface area contributed by atoms with Crippen molar-refractivity contribution in [2.24, 2.45) is 0 Å². The van der Waals surface area contributed by atoms with Crippen LogP contribution < -0.4 is 5.32 Å². The number of nitrogens with zero attached hydrogens (tertiary/aromatic N) is 1. The fourth-order valence-corrected chi connectivity index (χ4v) is 5.57. The van der Waals surface area contributed by atoms with Gasteiger partial charge in [0.2, 0.25) is 11.8 Å². The third-order valence-corrected chi connectivity index (χ3v) is 7.53. The number of carbonyl (C=O) groups is 2. The van der Waals surface area contributed by atoms with Gasteiger partial charge in [0.1, 0.15) is 5.82 Å². The van der Waals surface area contributed by atoms with Crippen LogP contribution in [-0.4, -0.2) is 42.0 Å². The third-order valence-electron chi connectivity index (χ3n) is 7.18. The zero-order valence-corrected chi connectivity index (χ0v) is 21.8. The minimum absolute atomic E-state index is 0.0675. The first-order chi connectivity index (χ1) is 18.5. The Labute approximate surface area is 226 Å². The first-order valence-corrected chi connectivity index (χ1v) is 13.0. The zero-order valence-electron chi connectivity index (χ0n) is 21.0. The van der Waals surface area contributed by atoms with Crippen LogP contribution in [0.5, 0.6) is 0 Å². The molecular formula is C30H29ClFN3O3. The third kappa shape index (κ3) is 5.17. The maximum absolute atomic E-state index is 14.1. The molecule has 0 bridgehead atoms. The van der Waals surface area contributed by atoms with Crippen LogP contribution in [0.4, 0.5) is 4.39 Å². The Morgan fingerprint density at radius 3 is 2.87 bits per heavy atom. The summed E-state index contributed by atoms with van der Waals surface area (Å²) in [6.07, 6.45) is 10.9. The largest absolute Gasteiger partial charge is 0.383 e. The smallest absolute Gasteiger partial charge is 0.230 e. The molecule has 2 atom stereocenters. The molecule has 2 amide bonds. The van der Waals surface area contributed by atoms with Gasteiger partial charge in [-0.25, -0.2) is 4.39 Å². The summed E-state index contributed by atoms with van der Waals surface area (Å²) in [7, 11) is 1.60. The number of hydrogen-bond donors (Lipinski definition) is 2. The standard InChI is InChI=1S/C30H29ClFN3O3/c1-38-14-13-35-27(36)15-19-7-5-6-8-22(19)28(30(37)34-17-20-11-12-21(32)16-25(20)31)29(35)24-18-33-26-10-4-2-3-9-23(24)26/h2-9,11-12,16,18,28-29,33H,10,13-15,17H2,1H3,(H,34,37). The Balaban J connectivity index is 1.61. The van der Waals surface area contributed by atoms with E-state index in [9.17, 15) is 14.0 Å². The van der Waals surface area contributed by atoms with Gasteiger partial charge in [-0.15, -0.1) is 0 Å². The van der Waals surface area contributed by atoms with Gasteiger partial charge in [-0.05, 0) is 28.8 Å². The Bertz CT molecular complexity index is 1410. The molecule has 0 saturated heterocycles. The van der Waals surface area contributed by atoms with Gasteiger partial charge in [0.15, 0.2) is 0 Å². The summed E-state index contributed by atoms with van der Waals surface area (Å²) in [5, 5.41) is 3.26. The van der Waals surface area contributed by atoms with E-state index in [2.05, 4.69) is 16.4 Å². The summed E-state index contributed by atoms with van der Waals surface area (Å²) >= 11 is 6.23. The zero-order chi connectivity index (χ0) is 26.6. The fourth-order valence-electron chi connectivity index (χ4n) is 5.33. The molecule has 196 valence electrons. The molecule has 0 fully saturated rings. The molecule has 0 radical (unpaired) electrons. The number of carbonyl (C=O) groups excluding carboxylic acids is 2. The van der Waals surface area contributed by atoms with Crippen molar-refractivity contribution in [3.8, 4) is 0 Å². The minimum Gasteiger partial charge on any atom is -0.383 e. The number of methoxy groups -OCH3 is 1. The Hall–Kier alpha value is -3.68. The number of halogens is 2. The molecule has 0 spiro atoms. The van der Waals surface area contributed by atoms with Gasteiger partial charge in [0.05, 0.1) is 25.0 Å². The van der Waals surface area contributed by atoms with Crippen LogP contribution >= 0.6 is 11.6 Å². The van der Waals surface area contributed by atoms with Gasteiger partial charge in [0.25, 0.3) is 0 Å². The maximum atomic E-state index is 14.1. The molecule has 5 rings (SSSR count). The summed E-state index contributed by atoms with van der Waals surface area (Å²) in [6, 6.07) is 11.1. The highest BCUT2D eigenvalue weighted by atomic mass is 35.5. The lowest BCUT2D eigenvalue weighted by molar-refractivity contribution is -0.135. The Kier molecular flexibility index (Phi) is 7.77. The first kappa shape index (κ1) is 25.9. The van der Waals surface area contributed by atoms with E-state index in [0.29, 0.717) is 18.7 Å². The number of H-pyrrole nitrogens is 1. The van der Waals surface area contributed by atoms with Crippen molar-refractivity contribution in [2.75, 3.05) is 20.3 Å². The van der Waals surface area contributed by atoms with E-state index in [1.165, 1.54) is 12.1 Å². The molecule has 1 aliphatic heterocycles. The molecule has 1 aromatic heterocycles. The van der Waals surface area contributed by atoms with Gasteiger partial charge >= 0.3 is 0 Å².